The minimum Gasteiger partial charge on any atom is -0.276 e. The van der Waals surface area contributed by atoms with Gasteiger partial charge in [0.1, 0.15) is 0 Å². The van der Waals surface area contributed by atoms with Gasteiger partial charge in [-0.3, -0.25) is 4.79 Å². The number of carbonyl (C=O) groups excluding carboxylic acids is 1. The van der Waals surface area contributed by atoms with Crippen molar-refractivity contribution in [1.82, 2.24) is 0 Å². The molecule has 1 rings (SSSR count). The van der Waals surface area contributed by atoms with Crippen LogP contribution in [0.15, 0.2) is 30.3 Å². The van der Waals surface area contributed by atoms with Gasteiger partial charge in [-0.05, 0) is 35.4 Å². The van der Waals surface area contributed by atoms with Crippen molar-refractivity contribution in [2.45, 2.75) is 6.18 Å². The molecule has 0 saturated heterocycles. The molecule has 0 atom stereocenters. The van der Waals surface area contributed by atoms with Crippen LogP contribution in [-0.4, -0.2) is 5.24 Å². The smallest absolute Gasteiger partial charge is 0.276 e. The third-order valence-electron chi connectivity index (χ3n) is 1.62. The summed E-state index contributed by atoms with van der Waals surface area (Å²) in [5, 5.41) is -0.729. The van der Waals surface area contributed by atoms with Crippen molar-refractivity contribution < 1.29 is 18.0 Å². The van der Waals surface area contributed by atoms with Gasteiger partial charge < -0.3 is 0 Å². The van der Waals surface area contributed by atoms with Crippen molar-refractivity contribution in [3.8, 4) is 0 Å². The second-order valence-electron chi connectivity index (χ2n) is 2.76. The van der Waals surface area contributed by atoms with E-state index in [0.717, 1.165) is 18.2 Å². The van der Waals surface area contributed by atoms with Gasteiger partial charge >= 0.3 is 6.18 Å². The molecule has 5 heteroatoms. The standard InChI is InChI=1S/C10H6ClF3O/c11-9(15)5-4-7-2-1-3-8(6-7)10(12,13)14/h1-6H/b5-4-. The van der Waals surface area contributed by atoms with Crippen molar-refractivity contribution in [3.05, 3.63) is 41.5 Å². The highest BCUT2D eigenvalue weighted by atomic mass is 35.5. The van der Waals surface area contributed by atoms with Crippen LogP contribution in [-0.2, 0) is 11.0 Å². The van der Waals surface area contributed by atoms with Gasteiger partial charge in [-0.2, -0.15) is 13.2 Å². The number of alkyl halides is 3. The van der Waals surface area contributed by atoms with Crippen molar-refractivity contribution in [2.75, 3.05) is 0 Å². The van der Waals surface area contributed by atoms with E-state index in [-0.39, 0.29) is 5.56 Å². The summed E-state index contributed by atoms with van der Waals surface area (Å²) in [6.45, 7) is 0. The van der Waals surface area contributed by atoms with Gasteiger partial charge in [0.05, 0.1) is 5.56 Å². The average molecular weight is 235 g/mol. The maximum atomic E-state index is 12.2. The fourth-order valence-electron chi connectivity index (χ4n) is 0.980. The third-order valence-corrected chi connectivity index (χ3v) is 1.75. The SMILES string of the molecule is O=C(Cl)/C=C\c1cccc(C(F)(F)F)c1. The molecule has 0 spiro atoms. The molecule has 0 aliphatic carbocycles. The Labute approximate surface area is 89.2 Å². The molecule has 0 aliphatic rings. The van der Waals surface area contributed by atoms with Crippen LogP contribution in [0, 0.1) is 0 Å². The summed E-state index contributed by atoms with van der Waals surface area (Å²) < 4.78 is 36.7. The monoisotopic (exact) mass is 234 g/mol. The van der Waals surface area contributed by atoms with E-state index in [2.05, 4.69) is 0 Å². The first-order valence-corrected chi connectivity index (χ1v) is 4.32. The largest absolute Gasteiger partial charge is 0.416 e. The summed E-state index contributed by atoms with van der Waals surface area (Å²) in [6, 6.07) is 4.61. The lowest BCUT2D eigenvalue weighted by atomic mass is 10.1. The van der Waals surface area contributed by atoms with Crippen molar-refractivity contribution in [1.29, 1.82) is 0 Å². The zero-order valence-electron chi connectivity index (χ0n) is 7.38. The average Bonchev–Trinajstić information content (AvgIpc) is 2.14. The highest BCUT2D eigenvalue weighted by molar-refractivity contribution is 6.66. The Kier molecular flexibility index (Phi) is 3.52. The fraction of sp³-hybridized carbons (Fsp3) is 0.100. The van der Waals surface area contributed by atoms with E-state index in [4.69, 9.17) is 11.6 Å². The summed E-state index contributed by atoms with van der Waals surface area (Å²) in [7, 11) is 0. The van der Waals surface area contributed by atoms with Gasteiger partial charge in [-0.25, -0.2) is 0 Å². The molecular formula is C10H6ClF3O. The van der Waals surface area contributed by atoms with E-state index >= 15 is 0 Å². The highest BCUT2D eigenvalue weighted by Crippen LogP contribution is 2.29. The van der Waals surface area contributed by atoms with Gasteiger partial charge in [0, 0.05) is 0 Å². The molecule has 80 valence electrons. The molecule has 0 aromatic heterocycles. The Bertz CT molecular complexity index is 396. The quantitative estimate of drug-likeness (QED) is 0.566. The summed E-state index contributed by atoms with van der Waals surface area (Å²) in [6.07, 6.45) is -2.16. The first kappa shape index (κ1) is 11.8. The number of benzene rings is 1. The molecule has 0 radical (unpaired) electrons. The molecule has 0 aliphatic heterocycles. The number of allylic oxidation sites excluding steroid dienone is 1. The second-order valence-corrected chi connectivity index (χ2v) is 3.13. The molecule has 0 N–H and O–H groups in total. The van der Waals surface area contributed by atoms with Gasteiger partial charge in [0.15, 0.2) is 0 Å². The van der Waals surface area contributed by atoms with Crippen LogP contribution >= 0.6 is 11.6 Å². The van der Waals surface area contributed by atoms with E-state index in [1.165, 1.54) is 18.2 Å². The lowest BCUT2D eigenvalue weighted by molar-refractivity contribution is -0.137. The second kappa shape index (κ2) is 4.49. The summed E-state index contributed by atoms with van der Waals surface area (Å²) >= 11 is 5.01. The molecule has 0 saturated carbocycles. The zero-order chi connectivity index (χ0) is 11.5. The van der Waals surface area contributed by atoms with Gasteiger partial charge in [-0.1, -0.05) is 18.2 Å². The van der Waals surface area contributed by atoms with Crippen LogP contribution in [0.2, 0.25) is 0 Å². The van der Waals surface area contributed by atoms with E-state index < -0.39 is 17.0 Å². The summed E-state index contributed by atoms with van der Waals surface area (Å²) in [5.41, 5.74) is -0.481. The molecule has 1 aromatic rings. The fourth-order valence-corrected chi connectivity index (χ4v) is 1.04. The molecule has 1 aromatic carbocycles. The Morgan fingerprint density at radius 3 is 2.53 bits per heavy atom. The predicted molar refractivity (Wildman–Crippen MR) is 51.3 cm³/mol. The van der Waals surface area contributed by atoms with Crippen LogP contribution in [0.25, 0.3) is 6.08 Å². The third kappa shape index (κ3) is 3.75. The lowest BCUT2D eigenvalue weighted by Gasteiger charge is -2.06. The van der Waals surface area contributed by atoms with Crippen molar-refractivity contribution in [3.63, 3.8) is 0 Å². The van der Waals surface area contributed by atoms with Crippen LogP contribution in [0.1, 0.15) is 11.1 Å². The molecule has 0 fully saturated rings. The molecule has 1 nitrogen and oxygen atoms in total. The van der Waals surface area contributed by atoms with Gasteiger partial charge in [-0.15, -0.1) is 0 Å². The lowest BCUT2D eigenvalue weighted by Crippen LogP contribution is -2.04. The number of carbonyl (C=O) groups is 1. The molecule has 0 bridgehead atoms. The molecule has 15 heavy (non-hydrogen) atoms. The Morgan fingerprint density at radius 2 is 2.00 bits per heavy atom. The van der Waals surface area contributed by atoms with Gasteiger partial charge in [0.25, 0.3) is 0 Å². The Hall–Kier alpha value is -1.29. The number of rotatable bonds is 2. The minimum atomic E-state index is -4.38. The molecular weight excluding hydrogens is 229 g/mol. The van der Waals surface area contributed by atoms with Crippen LogP contribution < -0.4 is 0 Å². The van der Waals surface area contributed by atoms with E-state index in [9.17, 15) is 18.0 Å². The molecule has 0 amide bonds. The van der Waals surface area contributed by atoms with Crippen molar-refractivity contribution >= 4 is 22.9 Å². The minimum absolute atomic E-state index is 0.277. The molecule has 0 unspecified atom stereocenters. The first-order valence-electron chi connectivity index (χ1n) is 3.94. The molecule has 0 heterocycles. The number of hydrogen-bond donors (Lipinski definition) is 0. The van der Waals surface area contributed by atoms with Crippen LogP contribution in [0.4, 0.5) is 13.2 Å². The first-order chi connectivity index (χ1) is 6.89. The van der Waals surface area contributed by atoms with Crippen molar-refractivity contribution in [2.24, 2.45) is 0 Å². The Balaban J connectivity index is 2.98. The summed E-state index contributed by atoms with van der Waals surface area (Å²) in [5.74, 6) is 0. The number of halogens is 4. The van der Waals surface area contributed by atoms with E-state index in [1.807, 2.05) is 0 Å². The zero-order valence-corrected chi connectivity index (χ0v) is 8.14. The predicted octanol–water partition coefficient (Wildman–Crippen LogP) is 3.48. The maximum absolute atomic E-state index is 12.2. The number of hydrogen-bond acceptors (Lipinski definition) is 1. The normalized spacial score (nSPS) is 12.0. The van der Waals surface area contributed by atoms with Crippen LogP contribution in [0.5, 0.6) is 0 Å². The topological polar surface area (TPSA) is 17.1 Å². The van der Waals surface area contributed by atoms with E-state index in [0.29, 0.717) is 0 Å². The van der Waals surface area contributed by atoms with Gasteiger partial charge in [0.2, 0.25) is 5.24 Å². The maximum Gasteiger partial charge on any atom is 0.416 e. The van der Waals surface area contributed by atoms with E-state index in [1.54, 1.807) is 0 Å². The highest BCUT2D eigenvalue weighted by Gasteiger charge is 2.30. The van der Waals surface area contributed by atoms with Crippen LogP contribution in [0.3, 0.4) is 0 Å². The summed E-state index contributed by atoms with van der Waals surface area (Å²) in [4.78, 5) is 10.4. The Morgan fingerprint density at radius 1 is 1.33 bits per heavy atom.